The molecule has 0 aromatic heterocycles. The van der Waals surface area contributed by atoms with Gasteiger partial charge in [-0.2, -0.15) is 0 Å². The summed E-state index contributed by atoms with van der Waals surface area (Å²) in [7, 11) is 0. The zero-order valence-electron chi connectivity index (χ0n) is 31.9. The molecule has 4 aliphatic heterocycles. The monoisotopic (exact) mass is 675 g/mol. The van der Waals surface area contributed by atoms with E-state index in [2.05, 4.69) is 89.0 Å². The Labute approximate surface area is 298 Å². The number of rotatable bonds is 8. The van der Waals surface area contributed by atoms with E-state index in [1.54, 1.807) is 0 Å². The smallest absolute Gasteiger partial charge is 0.410 e. The van der Waals surface area contributed by atoms with Gasteiger partial charge in [0, 0.05) is 103 Å². The van der Waals surface area contributed by atoms with Crippen molar-refractivity contribution in [2.45, 2.75) is 105 Å². The van der Waals surface area contributed by atoms with Crippen molar-refractivity contribution in [1.82, 2.24) is 20.0 Å². The van der Waals surface area contributed by atoms with E-state index >= 15 is 0 Å². The summed E-state index contributed by atoms with van der Waals surface area (Å²) in [6.07, 6.45) is 5.12. The van der Waals surface area contributed by atoms with Crippen LogP contribution in [0.5, 0.6) is 0 Å². The Morgan fingerprint density at radius 2 is 1.08 bits per heavy atom. The summed E-state index contributed by atoms with van der Waals surface area (Å²) < 4.78 is 5.51. The first-order chi connectivity index (χ1) is 23.5. The summed E-state index contributed by atoms with van der Waals surface area (Å²) >= 11 is 0. The summed E-state index contributed by atoms with van der Waals surface area (Å²) in [4.78, 5) is 24.2. The van der Waals surface area contributed by atoms with E-state index in [1.165, 1.54) is 98.6 Å². The van der Waals surface area contributed by atoms with Crippen molar-refractivity contribution >= 4 is 17.5 Å². The second-order valence-electron chi connectivity index (χ2n) is 16.2. The molecule has 0 atom stereocenters. The molecule has 0 spiro atoms. The molecule has 8 nitrogen and oxygen atoms in total. The number of hydrogen-bond acceptors (Lipinski definition) is 7. The van der Waals surface area contributed by atoms with Crippen molar-refractivity contribution in [3.8, 4) is 0 Å². The van der Waals surface area contributed by atoms with Crippen molar-refractivity contribution in [2.24, 2.45) is 0 Å². The maximum Gasteiger partial charge on any atom is 0.410 e. The molecule has 2 aromatic carbocycles. The van der Waals surface area contributed by atoms with Crippen molar-refractivity contribution in [3.05, 3.63) is 58.7 Å². The minimum absolute atomic E-state index is 0.190. The molecule has 2 aromatic rings. The van der Waals surface area contributed by atoms with Crippen molar-refractivity contribution in [3.63, 3.8) is 0 Å². The minimum Gasteiger partial charge on any atom is -0.444 e. The van der Waals surface area contributed by atoms with Gasteiger partial charge < -0.3 is 24.8 Å². The van der Waals surface area contributed by atoms with Crippen molar-refractivity contribution in [1.29, 1.82) is 0 Å². The molecule has 0 radical (unpaired) electrons. The largest absolute Gasteiger partial charge is 0.444 e. The Morgan fingerprint density at radius 3 is 1.49 bits per heavy atom. The van der Waals surface area contributed by atoms with Crippen molar-refractivity contribution in [2.75, 3.05) is 88.3 Å². The van der Waals surface area contributed by atoms with Crippen molar-refractivity contribution < 1.29 is 9.53 Å². The maximum absolute atomic E-state index is 12.3. The van der Waals surface area contributed by atoms with E-state index in [-0.39, 0.29) is 6.09 Å². The second-order valence-corrected chi connectivity index (χ2v) is 16.2. The molecule has 4 saturated heterocycles. The summed E-state index contributed by atoms with van der Waals surface area (Å²) in [6.45, 7) is 29.7. The lowest BCUT2D eigenvalue weighted by Gasteiger charge is -2.36. The molecule has 49 heavy (non-hydrogen) atoms. The van der Waals surface area contributed by atoms with Crippen LogP contribution in [0.3, 0.4) is 0 Å². The molecule has 4 heterocycles. The Balaban J connectivity index is 0.000000199. The highest BCUT2D eigenvalue weighted by Gasteiger charge is 2.26. The summed E-state index contributed by atoms with van der Waals surface area (Å²) in [5, 5.41) is 3.44. The number of carbonyl (C=O) groups is 1. The van der Waals surface area contributed by atoms with Crippen LogP contribution in [-0.4, -0.2) is 105 Å². The number of nitrogens with zero attached hydrogens (tertiary/aromatic N) is 5. The third kappa shape index (κ3) is 10.8. The molecule has 0 unspecified atom stereocenters. The molecule has 4 fully saturated rings. The number of piperazine rings is 2. The third-order valence-corrected chi connectivity index (χ3v) is 10.5. The number of anilines is 2. The zero-order chi connectivity index (χ0) is 35.0. The van der Waals surface area contributed by atoms with Gasteiger partial charge in [-0.3, -0.25) is 9.80 Å². The Bertz CT molecular complexity index is 1330. The SMILES string of the molecule is CC(C)c1cc(N2CCCC2)ccc1CN1CCN(C(=O)OC(C)(C)C)CC1.CC(C)c1cc(N2CCCC2)ccc1CN1CCNCC1. The van der Waals surface area contributed by atoms with Crippen LogP contribution in [0.25, 0.3) is 0 Å². The van der Waals surface area contributed by atoms with Gasteiger partial charge in [0.05, 0.1) is 0 Å². The van der Waals surface area contributed by atoms with Crippen LogP contribution < -0.4 is 15.1 Å². The highest BCUT2D eigenvalue weighted by molar-refractivity contribution is 5.68. The normalized spacial score (nSPS) is 19.5. The van der Waals surface area contributed by atoms with Gasteiger partial charge in [-0.15, -0.1) is 0 Å². The van der Waals surface area contributed by atoms with Gasteiger partial charge in [0.1, 0.15) is 5.60 Å². The van der Waals surface area contributed by atoms with E-state index in [1.807, 2.05) is 25.7 Å². The fraction of sp³-hybridized carbons (Fsp3) is 0.683. The van der Waals surface area contributed by atoms with E-state index < -0.39 is 5.60 Å². The first kappa shape index (κ1) is 37.4. The van der Waals surface area contributed by atoms with Gasteiger partial charge in [0.25, 0.3) is 0 Å². The van der Waals surface area contributed by atoms with Gasteiger partial charge in [-0.1, -0.05) is 39.8 Å². The third-order valence-electron chi connectivity index (χ3n) is 10.5. The lowest BCUT2D eigenvalue weighted by Crippen LogP contribution is -2.49. The lowest BCUT2D eigenvalue weighted by molar-refractivity contribution is 0.0139. The molecular weight excluding hydrogens is 608 g/mol. The number of ether oxygens (including phenoxy) is 1. The van der Waals surface area contributed by atoms with Crippen LogP contribution in [0.4, 0.5) is 16.2 Å². The molecule has 272 valence electrons. The summed E-state index contributed by atoms with van der Waals surface area (Å²) in [5.74, 6) is 1.12. The van der Waals surface area contributed by atoms with E-state index in [0.717, 1.165) is 52.4 Å². The molecule has 1 amide bonds. The number of hydrogen-bond donors (Lipinski definition) is 1. The van der Waals surface area contributed by atoms with Crippen LogP contribution in [0.1, 0.15) is 108 Å². The minimum atomic E-state index is -0.433. The first-order valence-corrected chi connectivity index (χ1v) is 19.4. The Morgan fingerprint density at radius 1 is 0.653 bits per heavy atom. The average Bonchev–Trinajstić information content (AvgIpc) is 3.81. The lowest BCUT2D eigenvalue weighted by atomic mass is 9.95. The molecular formula is C41H66N6O2. The van der Waals surface area contributed by atoms with Crippen LogP contribution in [0.15, 0.2) is 36.4 Å². The van der Waals surface area contributed by atoms with Gasteiger partial charge in [-0.05, 0) is 105 Å². The highest BCUT2D eigenvalue weighted by atomic mass is 16.6. The number of amides is 1. The van der Waals surface area contributed by atoms with Gasteiger partial charge in [0.15, 0.2) is 0 Å². The molecule has 8 heteroatoms. The number of carbonyl (C=O) groups excluding carboxylic acids is 1. The predicted octanol–water partition coefficient (Wildman–Crippen LogP) is 7.28. The Kier molecular flexibility index (Phi) is 13.3. The predicted molar refractivity (Wildman–Crippen MR) is 205 cm³/mol. The zero-order valence-corrected chi connectivity index (χ0v) is 31.9. The molecule has 0 aliphatic carbocycles. The van der Waals surface area contributed by atoms with Gasteiger partial charge in [0.2, 0.25) is 0 Å². The molecule has 6 rings (SSSR count). The van der Waals surface area contributed by atoms with E-state index in [4.69, 9.17) is 4.74 Å². The standard InChI is InChI=1S/C23H37N3O2.C18H29N3/c1-18(2)21-16-20(25-10-6-7-11-25)9-8-19(21)17-24-12-14-26(15-13-24)22(27)28-23(3,4)5;1-15(2)18-13-17(21-9-3-4-10-21)6-5-16(18)14-20-11-7-19-8-12-20/h8-9,16,18H,6-7,10-15,17H2,1-5H3;5-6,13,15,19H,3-4,7-12,14H2,1-2H3. The summed E-state index contributed by atoms with van der Waals surface area (Å²) in [6, 6.07) is 14.2. The van der Waals surface area contributed by atoms with Gasteiger partial charge >= 0.3 is 6.09 Å². The molecule has 0 saturated carbocycles. The second kappa shape index (κ2) is 17.4. The van der Waals surface area contributed by atoms with Crippen LogP contribution >= 0.6 is 0 Å². The quantitative estimate of drug-likeness (QED) is 0.316. The first-order valence-electron chi connectivity index (χ1n) is 19.4. The van der Waals surface area contributed by atoms with Crippen LogP contribution in [0.2, 0.25) is 0 Å². The van der Waals surface area contributed by atoms with E-state index in [9.17, 15) is 4.79 Å². The summed E-state index contributed by atoms with van der Waals surface area (Å²) in [5.41, 5.74) is 8.31. The van der Waals surface area contributed by atoms with Crippen LogP contribution in [0, 0.1) is 0 Å². The topological polar surface area (TPSA) is 54.5 Å². The van der Waals surface area contributed by atoms with Crippen LogP contribution in [-0.2, 0) is 17.8 Å². The van der Waals surface area contributed by atoms with Gasteiger partial charge in [-0.25, -0.2) is 4.79 Å². The number of benzene rings is 2. The maximum atomic E-state index is 12.3. The molecule has 0 bridgehead atoms. The average molecular weight is 675 g/mol. The van der Waals surface area contributed by atoms with E-state index in [0.29, 0.717) is 11.8 Å². The fourth-order valence-electron chi connectivity index (χ4n) is 7.64. The highest BCUT2D eigenvalue weighted by Crippen LogP contribution is 2.30. The fourth-order valence-corrected chi connectivity index (χ4v) is 7.64. The Hall–Kier alpha value is -2.81. The number of nitrogens with one attached hydrogen (secondary N) is 1. The molecule has 1 N–H and O–H groups in total. The molecule has 4 aliphatic rings.